The number of carbonyl (C=O) groups is 1. The van der Waals surface area contributed by atoms with Crippen LogP contribution in [0.25, 0.3) is 5.78 Å². The van der Waals surface area contributed by atoms with Crippen molar-refractivity contribution in [3.8, 4) is 0 Å². The van der Waals surface area contributed by atoms with Crippen LogP contribution in [0.4, 0.5) is 0 Å². The lowest BCUT2D eigenvalue weighted by Gasteiger charge is -2.34. The normalized spacial score (nSPS) is 17.6. The van der Waals surface area contributed by atoms with Crippen molar-refractivity contribution in [3.05, 3.63) is 40.8 Å². The van der Waals surface area contributed by atoms with Gasteiger partial charge in [-0.1, -0.05) is 5.16 Å². The Bertz CT molecular complexity index is 976. The van der Waals surface area contributed by atoms with Crippen LogP contribution in [-0.2, 0) is 11.2 Å². The van der Waals surface area contributed by atoms with Crippen LogP contribution in [-0.4, -0.2) is 42.1 Å². The molecule has 4 rings (SSSR count). The summed E-state index contributed by atoms with van der Waals surface area (Å²) in [7, 11) is 0. The van der Waals surface area contributed by atoms with E-state index in [0.717, 1.165) is 54.2 Å². The summed E-state index contributed by atoms with van der Waals surface area (Å²) in [5.41, 5.74) is 3.82. The largest absolute Gasteiger partial charge is 0.361 e. The SMILES string of the molecule is Cc1cc(C2CCCCN2C(=O)CCc2c(C)nc3ncnn3c2C)no1. The molecule has 1 aliphatic heterocycles. The van der Waals surface area contributed by atoms with Gasteiger partial charge in [0.05, 0.1) is 6.04 Å². The number of piperidine rings is 1. The van der Waals surface area contributed by atoms with Crippen LogP contribution in [0, 0.1) is 20.8 Å². The van der Waals surface area contributed by atoms with Crippen LogP contribution in [0.2, 0.25) is 0 Å². The quantitative estimate of drug-likeness (QED) is 0.703. The molecule has 8 heteroatoms. The molecule has 1 unspecified atom stereocenters. The predicted octanol–water partition coefficient (Wildman–Crippen LogP) is 2.72. The Hall–Kier alpha value is -2.77. The summed E-state index contributed by atoms with van der Waals surface area (Å²) in [6.07, 6.45) is 5.65. The number of hydrogen-bond acceptors (Lipinski definition) is 6. The molecular formula is C19H24N6O2. The second kappa shape index (κ2) is 7.09. The van der Waals surface area contributed by atoms with E-state index in [1.54, 1.807) is 4.52 Å². The number of carbonyl (C=O) groups excluding carboxylic acids is 1. The standard InChI is InChI=1S/C19H24N6O2/c1-12-10-16(23-27-12)17-6-4-5-9-24(17)18(26)8-7-15-13(2)22-19-20-11-21-25(19)14(15)3/h10-11,17H,4-9H2,1-3H3. The fourth-order valence-electron chi connectivity index (χ4n) is 3.97. The number of fused-ring (bicyclic) bond motifs is 1. The first-order chi connectivity index (χ1) is 13.0. The number of rotatable bonds is 4. The molecule has 1 saturated heterocycles. The molecule has 0 N–H and O–H groups in total. The van der Waals surface area contributed by atoms with Crippen LogP contribution in [0.3, 0.4) is 0 Å². The van der Waals surface area contributed by atoms with E-state index in [1.807, 2.05) is 31.7 Å². The molecule has 1 amide bonds. The molecule has 1 fully saturated rings. The molecule has 0 radical (unpaired) electrons. The van der Waals surface area contributed by atoms with Crippen molar-refractivity contribution in [2.45, 2.75) is 58.9 Å². The Morgan fingerprint density at radius 1 is 1.30 bits per heavy atom. The van der Waals surface area contributed by atoms with Crippen molar-refractivity contribution in [1.82, 2.24) is 29.6 Å². The molecular weight excluding hydrogens is 344 g/mol. The minimum Gasteiger partial charge on any atom is -0.361 e. The maximum atomic E-state index is 13.0. The van der Waals surface area contributed by atoms with Gasteiger partial charge in [0.25, 0.3) is 5.78 Å². The fourth-order valence-corrected chi connectivity index (χ4v) is 3.97. The Kier molecular flexibility index (Phi) is 4.63. The van der Waals surface area contributed by atoms with Crippen LogP contribution in [0.15, 0.2) is 16.9 Å². The highest BCUT2D eigenvalue weighted by Gasteiger charge is 2.30. The highest BCUT2D eigenvalue weighted by atomic mass is 16.5. The maximum Gasteiger partial charge on any atom is 0.252 e. The van der Waals surface area contributed by atoms with E-state index >= 15 is 0 Å². The molecule has 27 heavy (non-hydrogen) atoms. The molecule has 1 aliphatic rings. The smallest absolute Gasteiger partial charge is 0.252 e. The van der Waals surface area contributed by atoms with Crippen molar-refractivity contribution in [1.29, 1.82) is 0 Å². The number of hydrogen-bond donors (Lipinski definition) is 0. The summed E-state index contributed by atoms with van der Waals surface area (Å²) in [4.78, 5) is 23.6. The molecule has 1 atom stereocenters. The summed E-state index contributed by atoms with van der Waals surface area (Å²) in [5.74, 6) is 1.52. The summed E-state index contributed by atoms with van der Waals surface area (Å²) in [6.45, 7) is 6.61. The second-order valence-corrected chi connectivity index (χ2v) is 7.19. The highest BCUT2D eigenvalue weighted by Crippen LogP contribution is 2.31. The first-order valence-electron chi connectivity index (χ1n) is 9.43. The molecule has 8 nitrogen and oxygen atoms in total. The number of aryl methyl sites for hydroxylation is 3. The molecule has 0 aromatic carbocycles. The molecule has 0 saturated carbocycles. The van der Waals surface area contributed by atoms with Gasteiger partial charge in [-0.2, -0.15) is 10.1 Å². The summed E-state index contributed by atoms with van der Waals surface area (Å²) >= 11 is 0. The molecule has 142 valence electrons. The van der Waals surface area contributed by atoms with Crippen molar-refractivity contribution >= 4 is 11.7 Å². The van der Waals surface area contributed by atoms with Crippen molar-refractivity contribution in [3.63, 3.8) is 0 Å². The molecule has 0 aliphatic carbocycles. The third kappa shape index (κ3) is 3.31. The van der Waals surface area contributed by atoms with Gasteiger partial charge in [-0.05, 0) is 52.0 Å². The van der Waals surface area contributed by atoms with Crippen LogP contribution in [0.5, 0.6) is 0 Å². The number of nitrogens with zero attached hydrogens (tertiary/aromatic N) is 6. The first-order valence-corrected chi connectivity index (χ1v) is 9.43. The summed E-state index contributed by atoms with van der Waals surface area (Å²) < 4.78 is 6.96. The van der Waals surface area contributed by atoms with Crippen LogP contribution >= 0.6 is 0 Å². The van der Waals surface area contributed by atoms with E-state index in [1.165, 1.54) is 6.33 Å². The van der Waals surface area contributed by atoms with Gasteiger partial charge in [-0.15, -0.1) is 0 Å². The van der Waals surface area contributed by atoms with E-state index in [-0.39, 0.29) is 11.9 Å². The summed E-state index contributed by atoms with van der Waals surface area (Å²) in [5, 5.41) is 8.37. The molecule has 3 aromatic heterocycles. The minimum atomic E-state index is 0.0156. The topological polar surface area (TPSA) is 89.4 Å². The van der Waals surface area contributed by atoms with Gasteiger partial charge < -0.3 is 9.42 Å². The summed E-state index contributed by atoms with van der Waals surface area (Å²) in [6, 6.07) is 1.95. The highest BCUT2D eigenvalue weighted by molar-refractivity contribution is 5.77. The van der Waals surface area contributed by atoms with Crippen molar-refractivity contribution in [2.75, 3.05) is 6.54 Å². The molecule has 0 bridgehead atoms. The van der Waals surface area contributed by atoms with Crippen LogP contribution in [0.1, 0.15) is 60.1 Å². The zero-order valence-electron chi connectivity index (χ0n) is 16.0. The van der Waals surface area contributed by atoms with Gasteiger partial charge in [0.15, 0.2) is 0 Å². The zero-order valence-corrected chi connectivity index (χ0v) is 16.0. The predicted molar refractivity (Wildman–Crippen MR) is 98.1 cm³/mol. The molecule has 0 spiro atoms. The zero-order chi connectivity index (χ0) is 19.0. The molecule has 4 heterocycles. The van der Waals surface area contributed by atoms with Crippen LogP contribution < -0.4 is 0 Å². The van der Waals surface area contributed by atoms with E-state index in [4.69, 9.17) is 4.52 Å². The van der Waals surface area contributed by atoms with E-state index < -0.39 is 0 Å². The van der Waals surface area contributed by atoms with Crippen molar-refractivity contribution < 1.29 is 9.32 Å². The lowest BCUT2D eigenvalue weighted by atomic mass is 9.97. The first kappa shape index (κ1) is 17.6. The van der Waals surface area contributed by atoms with Crippen molar-refractivity contribution in [2.24, 2.45) is 0 Å². The number of aromatic nitrogens is 5. The van der Waals surface area contributed by atoms with E-state index in [9.17, 15) is 4.79 Å². The maximum absolute atomic E-state index is 13.0. The minimum absolute atomic E-state index is 0.0156. The Labute approximate surface area is 157 Å². The lowest BCUT2D eigenvalue weighted by Crippen LogP contribution is -2.38. The lowest BCUT2D eigenvalue weighted by molar-refractivity contribution is -0.135. The average Bonchev–Trinajstić information content (AvgIpc) is 3.30. The van der Waals surface area contributed by atoms with Gasteiger partial charge in [-0.3, -0.25) is 4.79 Å². The van der Waals surface area contributed by atoms with Gasteiger partial charge in [-0.25, -0.2) is 9.50 Å². The Morgan fingerprint density at radius 2 is 2.15 bits per heavy atom. The van der Waals surface area contributed by atoms with Gasteiger partial charge in [0.1, 0.15) is 17.8 Å². The Balaban J connectivity index is 1.51. The average molecular weight is 368 g/mol. The second-order valence-electron chi connectivity index (χ2n) is 7.19. The number of amides is 1. The molecule has 3 aromatic rings. The van der Waals surface area contributed by atoms with E-state index in [2.05, 4.69) is 20.2 Å². The third-order valence-corrected chi connectivity index (χ3v) is 5.39. The monoisotopic (exact) mass is 368 g/mol. The fraction of sp³-hybridized carbons (Fsp3) is 0.526. The van der Waals surface area contributed by atoms with Gasteiger partial charge in [0, 0.05) is 30.4 Å². The van der Waals surface area contributed by atoms with Gasteiger partial charge >= 0.3 is 0 Å². The Morgan fingerprint density at radius 3 is 2.93 bits per heavy atom. The van der Waals surface area contributed by atoms with Gasteiger partial charge in [0.2, 0.25) is 5.91 Å². The third-order valence-electron chi connectivity index (χ3n) is 5.39. The number of likely N-dealkylation sites (tertiary alicyclic amines) is 1. The van der Waals surface area contributed by atoms with E-state index in [0.29, 0.717) is 18.6 Å².